The molecule has 1 aromatic carbocycles. The third kappa shape index (κ3) is 2.69. The van der Waals surface area contributed by atoms with Gasteiger partial charge < -0.3 is 4.89 Å². The number of hydrogen-bond donors (Lipinski definition) is 1. The summed E-state index contributed by atoms with van der Waals surface area (Å²) in [6, 6.07) is 9.87. The zero-order valence-electron chi connectivity index (χ0n) is 8.67. The van der Waals surface area contributed by atoms with Gasteiger partial charge in [-0.25, -0.2) is 4.67 Å². The molecule has 0 radical (unpaired) electrons. The van der Waals surface area contributed by atoms with Crippen LogP contribution >= 0.6 is 7.52 Å². The van der Waals surface area contributed by atoms with Crippen molar-refractivity contribution in [2.75, 3.05) is 12.7 Å². The fourth-order valence-electron chi connectivity index (χ4n) is 1.89. The summed E-state index contributed by atoms with van der Waals surface area (Å²) in [4.78, 5) is 9.78. The van der Waals surface area contributed by atoms with E-state index in [0.29, 0.717) is 12.7 Å². The van der Waals surface area contributed by atoms with Crippen molar-refractivity contribution in [3.63, 3.8) is 0 Å². The highest BCUT2D eigenvalue weighted by Crippen LogP contribution is 2.49. The fraction of sp³-hybridized carbons (Fsp3) is 0.455. The molecule has 1 unspecified atom stereocenters. The van der Waals surface area contributed by atoms with Crippen LogP contribution in [0, 0.1) is 0 Å². The molecule has 1 heterocycles. The van der Waals surface area contributed by atoms with Crippen LogP contribution in [0.25, 0.3) is 0 Å². The molecule has 0 bridgehead atoms. The maximum Gasteiger partial charge on any atom is 0.270 e. The Hall–Kier alpha value is -0.630. The van der Waals surface area contributed by atoms with E-state index in [-0.39, 0.29) is 0 Å². The van der Waals surface area contributed by atoms with Gasteiger partial charge in [0.1, 0.15) is 0 Å². The van der Waals surface area contributed by atoms with Gasteiger partial charge in [0.15, 0.2) is 0 Å². The highest BCUT2D eigenvalue weighted by atomic mass is 31.2. The van der Waals surface area contributed by atoms with Crippen molar-refractivity contribution in [1.82, 2.24) is 4.67 Å². The second-order valence-electron chi connectivity index (χ2n) is 3.97. The van der Waals surface area contributed by atoms with Crippen molar-refractivity contribution in [3.05, 3.63) is 35.9 Å². The Balaban J connectivity index is 2.08. The molecular formula is C11H16NO2P. The van der Waals surface area contributed by atoms with Crippen LogP contribution in [0.1, 0.15) is 18.4 Å². The molecule has 0 aromatic heterocycles. The van der Waals surface area contributed by atoms with Crippen LogP contribution in [0.3, 0.4) is 0 Å². The van der Waals surface area contributed by atoms with Gasteiger partial charge in [-0.2, -0.15) is 0 Å². The third-order valence-electron chi connectivity index (χ3n) is 2.77. The first-order chi connectivity index (χ1) is 7.18. The Bertz CT molecular complexity index is 366. The molecule has 82 valence electrons. The molecule has 1 aliphatic rings. The van der Waals surface area contributed by atoms with Gasteiger partial charge in [-0.1, -0.05) is 30.3 Å². The molecule has 0 spiro atoms. The van der Waals surface area contributed by atoms with Crippen LogP contribution in [-0.2, 0) is 11.1 Å². The van der Waals surface area contributed by atoms with Crippen molar-refractivity contribution in [3.8, 4) is 0 Å². The second kappa shape index (κ2) is 4.48. The molecule has 1 N–H and O–H groups in total. The summed E-state index contributed by atoms with van der Waals surface area (Å²) >= 11 is 0. The molecule has 1 saturated heterocycles. The third-order valence-corrected chi connectivity index (χ3v) is 4.89. The quantitative estimate of drug-likeness (QED) is 0.786. The van der Waals surface area contributed by atoms with E-state index in [1.165, 1.54) is 0 Å². The van der Waals surface area contributed by atoms with Crippen molar-refractivity contribution >= 4 is 7.52 Å². The van der Waals surface area contributed by atoms with Crippen molar-refractivity contribution < 1.29 is 9.46 Å². The van der Waals surface area contributed by atoms with Gasteiger partial charge in [0.25, 0.3) is 7.52 Å². The standard InChI is InChI=1S/C11H16NO2P/c13-15(14)9-5-4-8-12(15)10-11-6-2-1-3-7-11/h1-3,6-7H,4-5,8-10H2,(H,13,14). The Morgan fingerprint density at radius 1 is 1.27 bits per heavy atom. The fourth-order valence-corrected chi connectivity index (χ4v) is 3.65. The van der Waals surface area contributed by atoms with Gasteiger partial charge in [0, 0.05) is 19.3 Å². The smallest absolute Gasteiger partial charge is 0.270 e. The molecule has 4 heteroatoms. The summed E-state index contributed by atoms with van der Waals surface area (Å²) in [5, 5.41) is 0. The first kappa shape index (κ1) is 10.9. The SMILES string of the molecule is O=P1(O)CCCCN1Cc1ccccc1. The molecule has 15 heavy (non-hydrogen) atoms. The highest BCUT2D eigenvalue weighted by Gasteiger charge is 2.30. The first-order valence-electron chi connectivity index (χ1n) is 5.30. The maximum atomic E-state index is 11.9. The van der Waals surface area contributed by atoms with Gasteiger partial charge in [0.05, 0.1) is 0 Å². The van der Waals surface area contributed by atoms with Gasteiger partial charge in [-0.3, -0.25) is 4.57 Å². The number of rotatable bonds is 2. The normalized spacial score (nSPS) is 27.8. The summed E-state index contributed by atoms with van der Waals surface area (Å²) in [6.45, 7) is 1.33. The first-order valence-corrected chi connectivity index (χ1v) is 7.09. The van der Waals surface area contributed by atoms with E-state index in [4.69, 9.17) is 0 Å². The maximum absolute atomic E-state index is 11.9. The number of hydrogen-bond acceptors (Lipinski definition) is 1. The predicted molar refractivity (Wildman–Crippen MR) is 60.8 cm³/mol. The lowest BCUT2D eigenvalue weighted by Crippen LogP contribution is -2.26. The lowest BCUT2D eigenvalue weighted by molar-refractivity contribution is 0.316. The van der Waals surface area contributed by atoms with E-state index in [9.17, 15) is 9.46 Å². The van der Waals surface area contributed by atoms with Gasteiger partial charge >= 0.3 is 0 Å². The average molecular weight is 225 g/mol. The van der Waals surface area contributed by atoms with E-state index in [0.717, 1.165) is 24.9 Å². The topological polar surface area (TPSA) is 40.5 Å². The van der Waals surface area contributed by atoms with Gasteiger partial charge in [-0.15, -0.1) is 0 Å². The summed E-state index contributed by atoms with van der Waals surface area (Å²) < 4.78 is 13.6. The molecule has 1 atom stereocenters. The van der Waals surface area contributed by atoms with Crippen LogP contribution in [-0.4, -0.2) is 22.3 Å². The van der Waals surface area contributed by atoms with Crippen LogP contribution in [0.15, 0.2) is 30.3 Å². The van der Waals surface area contributed by atoms with Crippen molar-refractivity contribution in [2.24, 2.45) is 0 Å². The lowest BCUT2D eigenvalue weighted by atomic mass is 10.2. The minimum Gasteiger partial charge on any atom is -0.333 e. The van der Waals surface area contributed by atoms with E-state index in [1.54, 1.807) is 4.67 Å². The Morgan fingerprint density at radius 3 is 2.67 bits per heavy atom. The van der Waals surface area contributed by atoms with E-state index < -0.39 is 7.52 Å². The molecule has 2 rings (SSSR count). The van der Waals surface area contributed by atoms with E-state index in [1.807, 2.05) is 30.3 Å². The predicted octanol–water partition coefficient (Wildman–Crippen LogP) is 2.47. The Labute approximate surface area is 90.2 Å². The molecular weight excluding hydrogens is 209 g/mol. The van der Waals surface area contributed by atoms with Crippen molar-refractivity contribution in [1.29, 1.82) is 0 Å². The van der Waals surface area contributed by atoms with Gasteiger partial charge in [0.2, 0.25) is 0 Å². The molecule has 3 nitrogen and oxygen atoms in total. The van der Waals surface area contributed by atoms with Crippen LogP contribution < -0.4 is 0 Å². The minimum atomic E-state index is -3.03. The zero-order valence-corrected chi connectivity index (χ0v) is 9.57. The number of benzene rings is 1. The summed E-state index contributed by atoms with van der Waals surface area (Å²) in [7, 11) is -3.03. The largest absolute Gasteiger partial charge is 0.333 e. The highest BCUT2D eigenvalue weighted by molar-refractivity contribution is 7.55. The van der Waals surface area contributed by atoms with Crippen LogP contribution in [0.2, 0.25) is 0 Å². The Kier molecular flexibility index (Phi) is 3.25. The summed E-state index contributed by atoms with van der Waals surface area (Å²) in [6.07, 6.45) is 2.34. The molecule has 0 aliphatic carbocycles. The molecule has 1 fully saturated rings. The zero-order chi connectivity index (χ0) is 10.7. The lowest BCUT2D eigenvalue weighted by Gasteiger charge is -2.31. The van der Waals surface area contributed by atoms with Gasteiger partial charge in [-0.05, 0) is 18.4 Å². The van der Waals surface area contributed by atoms with E-state index >= 15 is 0 Å². The second-order valence-corrected chi connectivity index (χ2v) is 6.31. The van der Waals surface area contributed by atoms with Crippen LogP contribution in [0.4, 0.5) is 0 Å². The summed E-state index contributed by atoms with van der Waals surface area (Å²) in [5.41, 5.74) is 1.11. The van der Waals surface area contributed by atoms with Crippen molar-refractivity contribution in [2.45, 2.75) is 19.4 Å². The molecule has 1 aromatic rings. The van der Waals surface area contributed by atoms with Crippen LogP contribution in [0.5, 0.6) is 0 Å². The molecule has 0 amide bonds. The number of nitrogens with zero attached hydrogens (tertiary/aromatic N) is 1. The Morgan fingerprint density at radius 2 is 2.00 bits per heavy atom. The molecule has 0 saturated carbocycles. The average Bonchev–Trinajstić information content (AvgIpc) is 2.23. The summed E-state index contributed by atoms with van der Waals surface area (Å²) in [5.74, 6) is 0. The minimum absolute atomic E-state index is 0.444. The monoisotopic (exact) mass is 225 g/mol. The van der Waals surface area contributed by atoms with E-state index in [2.05, 4.69) is 0 Å². The molecule has 1 aliphatic heterocycles.